The first-order chi connectivity index (χ1) is 10.7. The molecule has 0 spiro atoms. The molecule has 0 saturated carbocycles. The highest BCUT2D eigenvalue weighted by Crippen LogP contribution is 2.19. The lowest BCUT2D eigenvalue weighted by molar-refractivity contribution is 0.627. The second kappa shape index (κ2) is 6.07. The van der Waals surface area contributed by atoms with Gasteiger partial charge in [-0.2, -0.15) is 0 Å². The molecule has 0 saturated heterocycles. The monoisotopic (exact) mass is 296 g/mol. The Morgan fingerprint density at radius 1 is 1.09 bits per heavy atom. The highest BCUT2D eigenvalue weighted by molar-refractivity contribution is 5.41. The summed E-state index contributed by atoms with van der Waals surface area (Å²) in [6.45, 7) is 2.35. The number of rotatable bonds is 4. The van der Waals surface area contributed by atoms with Crippen LogP contribution in [0.25, 0.3) is 5.69 Å². The lowest BCUT2D eigenvalue weighted by Crippen LogP contribution is -2.08. The van der Waals surface area contributed by atoms with E-state index >= 15 is 0 Å². The lowest BCUT2D eigenvalue weighted by atomic mass is 10.1. The molecule has 0 atom stereocenters. The highest BCUT2D eigenvalue weighted by atomic mass is 19.1. The molecule has 0 aliphatic rings. The van der Waals surface area contributed by atoms with E-state index in [1.807, 2.05) is 35.9 Å². The summed E-state index contributed by atoms with van der Waals surface area (Å²) in [6.07, 6.45) is 0.605. The lowest BCUT2D eigenvalue weighted by Gasteiger charge is -2.10. The topological polar surface area (TPSA) is 56.7 Å². The third-order valence-corrected chi connectivity index (χ3v) is 3.67. The Balaban J connectivity index is 2.04. The predicted molar refractivity (Wildman–Crippen MR) is 83.2 cm³/mol. The van der Waals surface area contributed by atoms with Crippen molar-refractivity contribution in [2.45, 2.75) is 19.9 Å². The van der Waals surface area contributed by atoms with E-state index in [9.17, 15) is 4.39 Å². The van der Waals surface area contributed by atoms with Crippen molar-refractivity contribution in [1.82, 2.24) is 15.0 Å². The van der Waals surface area contributed by atoms with Crippen molar-refractivity contribution in [2.24, 2.45) is 5.73 Å². The predicted octanol–water partition coefficient (Wildman–Crippen LogP) is 2.76. The van der Waals surface area contributed by atoms with E-state index in [0.717, 1.165) is 28.2 Å². The van der Waals surface area contributed by atoms with Crippen molar-refractivity contribution in [3.05, 3.63) is 76.9 Å². The van der Waals surface area contributed by atoms with Gasteiger partial charge in [0, 0.05) is 13.0 Å². The number of halogens is 1. The van der Waals surface area contributed by atoms with Crippen LogP contribution in [0.2, 0.25) is 0 Å². The van der Waals surface area contributed by atoms with E-state index in [1.54, 1.807) is 12.1 Å². The van der Waals surface area contributed by atoms with Gasteiger partial charge in [-0.25, -0.2) is 9.07 Å². The van der Waals surface area contributed by atoms with Gasteiger partial charge < -0.3 is 5.73 Å². The third kappa shape index (κ3) is 2.76. The third-order valence-electron chi connectivity index (χ3n) is 3.67. The fourth-order valence-electron chi connectivity index (χ4n) is 2.46. The molecule has 2 aromatic carbocycles. The number of nitrogens with zero attached hydrogens (tertiary/aromatic N) is 3. The molecule has 4 nitrogen and oxygen atoms in total. The summed E-state index contributed by atoms with van der Waals surface area (Å²) in [4.78, 5) is 0. The molecule has 0 fully saturated rings. The maximum atomic E-state index is 13.1. The van der Waals surface area contributed by atoms with E-state index in [0.29, 0.717) is 13.0 Å². The molecule has 1 heterocycles. The molecule has 0 radical (unpaired) electrons. The second-order valence-corrected chi connectivity index (χ2v) is 5.19. The van der Waals surface area contributed by atoms with Crippen molar-refractivity contribution in [3.63, 3.8) is 0 Å². The summed E-state index contributed by atoms with van der Waals surface area (Å²) >= 11 is 0. The Kier molecular flexibility index (Phi) is 3.98. The van der Waals surface area contributed by atoms with Crippen LogP contribution in [0.15, 0.2) is 48.5 Å². The molecule has 5 heteroatoms. The van der Waals surface area contributed by atoms with E-state index in [2.05, 4.69) is 10.3 Å². The molecule has 0 unspecified atom stereocenters. The molecule has 0 aliphatic carbocycles. The first-order valence-electron chi connectivity index (χ1n) is 7.13. The van der Waals surface area contributed by atoms with Gasteiger partial charge in [-0.15, -0.1) is 5.10 Å². The minimum absolute atomic E-state index is 0.242. The van der Waals surface area contributed by atoms with Crippen molar-refractivity contribution < 1.29 is 4.39 Å². The standard InChI is InChI=1S/C17H17FN4/c1-12-4-2-3-5-16(12)22-17(15(11-19)20-21-22)10-13-6-8-14(18)9-7-13/h2-9H,10-11,19H2,1H3. The van der Waals surface area contributed by atoms with Crippen LogP contribution in [0.4, 0.5) is 4.39 Å². The molecule has 22 heavy (non-hydrogen) atoms. The smallest absolute Gasteiger partial charge is 0.123 e. The van der Waals surface area contributed by atoms with E-state index < -0.39 is 0 Å². The first-order valence-corrected chi connectivity index (χ1v) is 7.13. The van der Waals surface area contributed by atoms with Crippen LogP contribution in [0.3, 0.4) is 0 Å². The number of para-hydroxylation sites is 1. The van der Waals surface area contributed by atoms with Crippen LogP contribution in [-0.2, 0) is 13.0 Å². The Bertz CT molecular complexity index is 778. The molecule has 3 aromatic rings. The maximum absolute atomic E-state index is 13.1. The number of aromatic nitrogens is 3. The zero-order valence-corrected chi connectivity index (χ0v) is 12.3. The van der Waals surface area contributed by atoms with Gasteiger partial charge in [0.15, 0.2) is 0 Å². The van der Waals surface area contributed by atoms with Crippen molar-refractivity contribution in [3.8, 4) is 5.69 Å². The van der Waals surface area contributed by atoms with Crippen LogP contribution < -0.4 is 5.73 Å². The van der Waals surface area contributed by atoms with Gasteiger partial charge in [0.25, 0.3) is 0 Å². The summed E-state index contributed by atoms with van der Waals surface area (Å²) < 4.78 is 14.9. The summed E-state index contributed by atoms with van der Waals surface area (Å²) in [5, 5.41) is 8.42. The minimum Gasteiger partial charge on any atom is -0.325 e. The van der Waals surface area contributed by atoms with Crippen molar-refractivity contribution in [1.29, 1.82) is 0 Å². The van der Waals surface area contributed by atoms with E-state index in [-0.39, 0.29) is 5.82 Å². The zero-order chi connectivity index (χ0) is 15.5. The largest absolute Gasteiger partial charge is 0.325 e. The normalized spacial score (nSPS) is 10.9. The second-order valence-electron chi connectivity index (χ2n) is 5.19. The quantitative estimate of drug-likeness (QED) is 0.805. The maximum Gasteiger partial charge on any atom is 0.123 e. The van der Waals surface area contributed by atoms with Gasteiger partial charge in [-0.3, -0.25) is 0 Å². The molecule has 3 rings (SSSR count). The minimum atomic E-state index is -0.242. The Hall–Kier alpha value is -2.53. The highest BCUT2D eigenvalue weighted by Gasteiger charge is 2.15. The van der Waals surface area contributed by atoms with E-state index in [4.69, 9.17) is 5.73 Å². The summed E-state index contributed by atoms with van der Waals surface area (Å²) in [7, 11) is 0. The van der Waals surface area contributed by atoms with Gasteiger partial charge in [0.05, 0.1) is 11.4 Å². The number of nitrogens with two attached hydrogens (primary N) is 1. The van der Waals surface area contributed by atoms with Crippen LogP contribution in [0, 0.1) is 12.7 Å². The molecule has 0 amide bonds. The average Bonchev–Trinajstić information content (AvgIpc) is 2.92. The van der Waals surface area contributed by atoms with Gasteiger partial charge >= 0.3 is 0 Å². The van der Waals surface area contributed by atoms with Crippen molar-refractivity contribution in [2.75, 3.05) is 0 Å². The molecule has 2 N–H and O–H groups in total. The number of benzene rings is 2. The van der Waals surface area contributed by atoms with Gasteiger partial charge in [0.2, 0.25) is 0 Å². The SMILES string of the molecule is Cc1ccccc1-n1nnc(CN)c1Cc1ccc(F)cc1. The molecule has 112 valence electrons. The van der Waals surface area contributed by atoms with Crippen LogP contribution in [0.5, 0.6) is 0 Å². The summed E-state index contributed by atoms with van der Waals surface area (Å²) in [5.41, 5.74) is 10.6. The zero-order valence-electron chi connectivity index (χ0n) is 12.3. The van der Waals surface area contributed by atoms with Gasteiger partial charge in [0.1, 0.15) is 11.5 Å². The van der Waals surface area contributed by atoms with Crippen LogP contribution in [0.1, 0.15) is 22.5 Å². The molecule has 1 aromatic heterocycles. The Morgan fingerprint density at radius 3 is 2.50 bits per heavy atom. The molecule has 0 bridgehead atoms. The number of hydrogen-bond acceptors (Lipinski definition) is 3. The fourth-order valence-corrected chi connectivity index (χ4v) is 2.46. The van der Waals surface area contributed by atoms with Gasteiger partial charge in [-0.1, -0.05) is 35.5 Å². The van der Waals surface area contributed by atoms with Crippen LogP contribution in [-0.4, -0.2) is 15.0 Å². The average molecular weight is 296 g/mol. The fraction of sp³-hybridized carbons (Fsp3) is 0.176. The van der Waals surface area contributed by atoms with Gasteiger partial charge in [-0.05, 0) is 36.2 Å². The number of aryl methyl sites for hydroxylation is 1. The summed E-state index contributed by atoms with van der Waals surface area (Å²) in [5.74, 6) is -0.242. The van der Waals surface area contributed by atoms with Crippen LogP contribution >= 0.6 is 0 Å². The molecular weight excluding hydrogens is 279 g/mol. The van der Waals surface area contributed by atoms with E-state index in [1.165, 1.54) is 12.1 Å². The molecule has 0 aliphatic heterocycles. The molecular formula is C17H17FN4. The van der Waals surface area contributed by atoms with Crippen molar-refractivity contribution >= 4 is 0 Å². The Morgan fingerprint density at radius 2 is 1.82 bits per heavy atom. The Labute approximate surface area is 128 Å². The summed E-state index contributed by atoms with van der Waals surface area (Å²) in [6, 6.07) is 14.4. The first kappa shape index (κ1) is 14.4. The number of hydrogen-bond donors (Lipinski definition) is 1.